The van der Waals surface area contributed by atoms with E-state index in [0.717, 1.165) is 82.8 Å². The van der Waals surface area contributed by atoms with Crippen molar-refractivity contribution in [3.8, 4) is 34.3 Å². The molecule has 0 spiro atoms. The van der Waals surface area contributed by atoms with Crippen molar-refractivity contribution < 1.29 is 28.5 Å². The average Bonchev–Trinajstić information content (AvgIpc) is 3.66. The predicted octanol–water partition coefficient (Wildman–Crippen LogP) is 12.6. The van der Waals surface area contributed by atoms with Crippen LogP contribution < -0.4 is 4.74 Å². The fraction of sp³-hybridized carbons (Fsp3) is 0.167. The molecule has 5 aromatic carbocycles. The van der Waals surface area contributed by atoms with Gasteiger partial charge in [0, 0.05) is 49.0 Å². The molecule has 0 N–H and O–H groups in total. The van der Waals surface area contributed by atoms with Crippen molar-refractivity contribution in [2.24, 2.45) is 0 Å². The molecule has 0 aliphatic heterocycles. The van der Waals surface area contributed by atoms with E-state index in [-0.39, 0.29) is 21.1 Å². The van der Waals surface area contributed by atoms with Crippen LogP contribution in [0.4, 0.5) is 0 Å². The Bertz CT molecular complexity index is 2880. The molecule has 0 radical (unpaired) electrons. The molecule has 0 fully saturated rings. The summed E-state index contributed by atoms with van der Waals surface area (Å²) in [6, 6.07) is 43.8. The van der Waals surface area contributed by atoms with E-state index in [1.54, 1.807) is 6.20 Å². The number of fused-ring (bicyclic) bond motifs is 6. The van der Waals surface area contributed by atoms with Crippen LogP contribution in [0.3, 0.4) is 0 Å². The van der Waals surface area contributed by atoms with Gasteiger partial charge in [0.1, 0.15) is 5.82 Å². The summed E-state index contributed by atoms with van der Waals surface area (Å²) in [5, 5.41) is 4.26. The summed E-state index contributed by atoms with van der Waals surface area (Å²) in [6.07, 6.45) is 3.62. The summed E-state index contributed by atoms with van der Waals surface area (Å²) in [7, 11) is 0. The van der Waals surface area contributed by atoms with E-state index < -0.39 is 11.8 Å². The van der Waals surface area contributed by atoms with Crippen molar-refractivity contribution in [3.63, 3.8) is 0 Å². The molecule has 4 heterocycles. The first-order valence-corrected chi connectivity index (χ1v) is 18.0. The molecule has 9 rings (SSSR count). The van der Waals surface area contributed by atoms with Crippen LogP contribution in [0.25, 0.3) is 66.4 Å². The summed E-state index contributed by atoms with van der Waals surface area (Å²) >= 11 is 0. The first-order valence-electron chi connectivity index (χ1n) is 19.0. The second-order valence-electron chi connectivity index (χ2n) is 14.3. The molecule has 0 bridgehead atoms. The predicted molar refractivity (Wildman–Crippen MR) is 218 cm³/mol. The first kappa shape index (κ1) is 33.1. The third kappa shape index (κ3) is 6.01. The van der Waals surface area contributed by atoms with Gasteiger partial charge in [0.15, 0.2) is 0 Å². The van der Waals surface area contributed by atoms with Gasteiger partial charge in [0.25, 0.3) is 0 Å². The number of pyridine rings is 2. The summed E-state index contributed by atoms with van der Waals surface area (Å²) in [5.41, 5.74) is 10.4. The normalized spacial score (nSPS) is 12.6. The summed E-state index contributed by atoms with van der Waals surface area (Å²) in [5.74, 6) is 0.0722. The Morgan fingerprint density at radius 3 is 1.98 bits per heavy atom. The van der Waals surface area contributed by atoms with Crippen LogP contribution in [0.2, 0.25) is 0 Å². The van der Waals surface area contributed by atoms with Gasteiger partial charge in [-0.05, 0) is 78.2 Å². The third-order valence-corrected chi connectivity index (χ3v) is 10.0. The Kier molecular flexibility index (Phi) is 8.60. The molecule has 0 atom stereocenters. The van der Waals surface area contributed by atoms with E-state index in [1.165, 1.54) is 0 Å². The Balaban J connectivity index is 0.00000441. The van der Waals surface area contributed by atoms with Crippen molar-refractivity contribution in [1.82, 2.24) is 19.1 Å². The largest absolute Gasteiger partial charge is 2.00 e. The van der Waals surface area contributed by atoms with E-state index in [2.05, 4.69) is 94.7 Å². The Hall–Kier alpha value is -5.51. The molecular weight excluding hydrogens is 844 g/mol. The maximum absolute atomic E-state index is 9.31. The molecular formula is C48H40N4OPt. The molecule has 0 unspecified atom stereocenters. The minimum absolute atomic E-state index is 0. The molecule has 0 saturated heterocycles. The number of aryl methyl sites for hydroxylation is 2. The monoisotopic (exact) mass is 885 g/mol. The van der Waals surface area contributed by atoms with Crippen LogP contribution in [0.5, 0.6) is 11.5 Å². The van der Waals surface area contributed by atoms with Crippen LogP contribution in [0, 0.1) is 26.0 Å². The molecule has 5 nitrogen and oxygen atoms in total. The van der Waals surface area contributed by atoms with Gasteiger partial charge < -0.3 is 18.9 Å². The Labute approximate surface area is 333 Å². The van der Waals surface area contributed by atoms with Crippen molar-refractivity contribution in [2.75, 3.05) is 0 Å². The first-order chi connectivity index (χ1) is 26.3. The van der Waals surface area contributed by atoms with Crippen LogP contribution in [-0.2, 0) is 21.1 Å². The smallest absolute Gasteiger partial charge is 0.503 e. The third-order valence-electron chi connectivity index (χ3n) is 10.0. The Morgan fingerprint density at radius 2 is 1.30 bits per heavy atom. The molecule has 0 aliphatic carbocycles. The van der Waals surface area contributed by atoms with Crippen molar-refractivity contribution in [3.05, 3.63) is 156 Å². The van der Waals surface area contributed by atoms with Gasteiger partial charge in [-0.25, -0.2) is 4.98 Å². The van der Waals surface area contributed by atoms with E-state index in [9.17, 15) is 2.74 Å². The fourth-order valence-corrected chi connectivity index (χ4v) is 7.72. The minimum Gasteiger partial charge on any atom is -0.503 e. The van der Waals surface area contributed by atoms with Gasteiger partial charge in [-0.15, -0.1) is 41.3 Å². The molecule has 4 aromatic heterocycles. The van der Waals surface area contributed by atoms with Gasteiger partial charge in [-0.2, -0.15) is 6.07 Å². The summed E-state index contributed by atoms with van der Waals surface area (Å²) < 4.78 is 29.4. The topological polar surface area (TPSA) is 44.9 Å². The van der Waals surface area contributed by atoms with E-state index in [4.69, 9.17) is 9.72 Å². The van der Waals surface area contributed by atoms with Gasteiger partial charge >= 0.3 is 21.1 Å². The average molecular weight is 886 g/mol. The van der Waals surface area contributed by atoms with Crippen molar-refractivity contribution >= 4 is 43.6 Å². The molecule has 6 heteroatoms. The van der Waals surface area contributed by atoms with Crippen LogP contribution in [0.1, 0.15) is 64.5 Å². The zero-order valence-corrected chi connectivity index (χ0v) is 33.3. The van der Waals surface area contributed by atoms with Crippen molar-refractivity contribution in [1.29, 1.82) is 0 Å². The second-order valence-corrected chi connectivity index (χ2v) is 14.3. The van der Waals surface area contributed by atoms with Crippen LogP contribution in [-0.4, -0.2) is 19.1 Å². The number of hydrogen-bond acceptors (Lipinski definition) is 3. The van der Waals surface area contributed by atoms with Crippen molar-refractivity contribution in [2.45, 2.75) is 53.3 Å². The minimum atomic E-state index is -0.884. The number of para-hydroxylation sites is 1. The number of rotatable bonds is 7. The molecule has 0 amide bonds. The zero-order chi connectivity index (χ0) is 38.2. The van der Waals surface area contributed by atoms with Crippen LogP contribution in [0.15, 0.2) is 122 Å². The van der Waals surface area contributed by atoms with Crippen LogP contribution >= 0.6 is 0 Å². The summed E-state index contributed by atoms with van der Waals surface area (Å²) in [6.45, 7) is 12.0. The van der Waals surface area contributed by atoms with E-state index >= 15 is 0 Å². The molecule has 54 heavy (non-hydrogen) atoms. The van der Waals surface area contributed by atoms with E-state index in [1.807, 2.05) is 88.5 Å². The van der Waals surface area contributed by atoms with Gasteiger partial charge in [0.2, 0.25) is 0 Å². The zero-order valence-electron chi connectivity index (χ0n) is 33.1. The molecule has 9 aromatic rings. The quantitative estimate of drug-likeness (QED) is 0.150. The van der Waals surface area contributed by atoms with Gasteiger partial charge in [-0.3, -0.25) is 0 Å². The molecule has 268 valence electrons. The number of aromatic nitrogens is 4. The number of benzene rings is 5. The second kappa shape index (κ2) is 14.0. The number of ether oxygens (including phenoxy) is 1. The van der Waals surface area contributed by atoms with Gasteiger partial charge in [0.05, 0.1) is 16.7 Å². The SMILES string of the molecule is [2H]C(C)(C)c1cc(C)cc2c3cc(C)cc(C([2H])(C)C)c3n(-c3ccnc(-n4c5[c-]c(Oc6[c-]c(-c7ccccn7)ccc6)ccc5c5ccccc54)c3)c12.[Pt+2]. The molecule has 0 aliphatic rings. The standard InChI is InChI=1S/C48H40N4O.Pt/c1-29(2)39-22-31(5)24-41-42-25-32(6)23-40(30(3)4)48(42)51(47(39)41)34-19-21-50-46(27-34)52-44-16-8-7-14-37(44)38-18-17-36(28-45(38)52)53-35-13-11-12-33(26-35)43-15-9-10-20-49-43;/h7-25,27,29-30H,1-6H3;/q-2;+2/i29D,30D;. The Morgan fingerprint density at radius 1 is 0.611 bits per heavy atom. The molecule has 0 saturated carbocycles. The number of hydrogen-bond donors (Lipinski definition) is 0. The van der Waals surface area contributed by atoms with Gasteiger partial charge in [-0.1, -0.05) is 92.9 Å². The summed E-state index contributed by atoms with van der Waals surface area (Å²) in [4.78, 5) is 9.47. The fourth-order valence-electron chi connectivity index (χ4n) is 7.72. The maximum Gasteiger partial charge on any atom is 2.00 e. The number of nitrogens with zero attached hydrogens (tertiary/aromatic N) is 4. The maximum atomic E-state index is 9.31. The van der Waals surface area contributed by atoms with E-state index in [0.29, 0.717) is 17.3 Å².